The van der Waals surface area contributed by atoms with E-state index in [2.05, 4.69) is 0 Å². The monoisotopic (exact) mass is 278 g/mol. The number of hydrogen-bond donors (Lipinski definition) is 1. The molecule has 1 N–H and O–H groups in total. The minimum atomic E-state index is -1.23. The first-order valence-electron chi connectivity index (χ1n) is 6.78. The van der Waals surface area contributed by atoms with Gasteiger partial charge in [0.1, 0.15) is 11.6 Å². The normalized spacial score (nSPS) is 14.9. The van der Waals surface area contributed by atoms with Gasteiger partial charge in [-0.1, -0.05) is 6.08 Å². The predicted octanol–water partition coefficient (Wildman–Crippen LogP) is 4.11. The summed E-state index contributed by atoms with van der Waals surface area (Å²) in [5, 5.41) is 9.26. The zero-order chi connectivity index (χ0) is 14.9. The first-order chi connectivity index (χ1) is 9.49. The Morgan fingerprint density at radius 2 is 2.00 bits per heavy atom. The highest BCUT2D eigenvalue weighted by atomic mass is 19.1. The Kier molecular flexibility index (Phi) is 4.12. The molecule has 0 aromatic heterocycles. The van der Waals surface area contributed by atoms with E-state index in [1.807, 2.05) is 6.08 Å². The third-order valence-electron chi connectivity index (χ3n) is 3.97. The molecule has 0 bridgehead atoms. The molecule has 3 nitrogen and oxygen atoms in total. The summed E-state index contributed by atoms with van der Waals surface area (Å²) in [6.45, 7) is 3.39. The molecule has 0 atom stereocenters. The molecule has 0 saturated heterocycles. The molecule has 2 rings (SSSR count). The molecule has 1 aromatic carbocycles. The van der Waals surface area contributed by atoms with Gasteiger partial charge in [-0.05, 0) is 56.2 Å². The van der Waals surface area contributed by atoms with E-state index < -0.39 is 11.8 Å². The summed E-state index contributed by atoms with van der Waals surface area (Å²) < 4.78 is 20.0. The summed E-state index contributed by atoms with van der Waals surface area (Å²) in [5.74, 6) is -1.45. The van der Waals surface area contributed by atoms with Crippen molar-refractivity contribution in [3.05, 3.63) is 34.1 Å². The van der Waals surface area contributed by atoms with E-state index in [0.29, 0.717) is 22.4 Å². The molecule has 0 amide bonds. The molecule has 1 aromatic rings. The molecule has 0 unspecified atom stereocenters. The van der Waals surface area contributed by atoms with Gasteiger partial charge in [-0.15, -0.1) is 0 Å². The molecule has 1 aliphatic carbocycles. The Balaban J connectivity index is 2.77. The van der Waals surface area contributed by atoms with Gasteiger partial charge >= 0.3 is 5.97 Å². The van der Waals surface area contributed by atoms with Crippen molar-refractivity contribution in [2.45, 2.75) is 39.5 Å². The van der Waals surface area contributed by atoms with E-state index >= 15 is 0 Å². The van der Waals surface area contributed by atoms with Crippen LogP contribution in [0.2, 0.25) is 0 Å². The fourth-order valence-corrected chi connectivity index (χ4v) is 2.80. The van der Waals surface area contributed by atoms with Gasteiger partial charge in [-0.2, -0.15) is 0 Å². The maximum Gasteiger partial charge on any atom is 0.338 e. The Labute approximate surface area is 118 Å². The Hall–Kier alpha value is -1.84. The van der Waals surface area contributed by atoms with Gasteiger partial charge in [0.05, 0.1) is 18.2 Å². The van der Waals surface area contributed by atoms with Crippen molar-refractivity contribution in [3.8, 4) is 5.75 Å². The average Bonchev–Trinajstić information content (AvgIpc) is 2.43. The number of carboxylic acid groups (broad SMARTS) is 1. The van der Waals surface area contributed by atoms with Crippen LogP contribution in [-0.4, -0.2) is 18.2 Å². The van der Waals surface area contributed by atoms with Crippen LogP contribution in [0.4, 0.5) is 4.39 Å². The lowest BCUT2D eigenvalue weighted by Crippen LogP contribution is -2.11. The van der Waals surface area contributed by atoms with Crippen LogP contribution in [0.15, 0.2) is 6.08 Å². The predicted molar refractivity (Wildman–Crippen MR) is 75.8 cm³/mol. The lowest BCUT2D eigenvalue weighted by molar-refractivity contribution is 0.0690. The molecule has 0 saturated carbocycles. The van der Waals surface area contributed by atoms with Crippen LogP contribution in [0.5, 0.6) is 5.75 Å². The molecule has 0 radical (unpaired) electrons. The topological polar surface area (TPSA) is 46.5 Å². The second-order valence-corrected chi connectivity index (χ2v) is 5.13. The molecular formula is C16H19FO3. The van der Waals surface area contributed by atoms with Gasteiger partial charge in [-0.3, -0.25) is 0 Å². The fraction of sp³-hybridized carbons (Fsp3) is 0.438. The number of aromatic carboxylic acids is 1. The SMILES string of the molecule is COc1c(C)c(C)c(C(=O)O)c(F)c1C1=CCCCC1. The number of hydrogen-bond acceptors (Lipinski definition) is 2. The van der Waals surface area contributed by atoms with Gasteiger partial charge in [-0.25, -0.2) is 9.18 Å². The zero-order valence-electron chi connectivity index (χ0n) is 12.0. The van der Waals surface area contributed by atoms with Crippen molar-refractivity contribution in [2.75, 3.05) is 7.11 Å². The fourth-order valence-electron chi connectivity index (χ4n) is 2.80. The van der Waals surface area contributed by atoms with E-state index in [4.69, 9.17) is 4.74 Å². The molecule has 0 heterocycles. The number of benzene rings is 1. The third-order valence-corrected chi connectivity index (χ3v) is 3.97. The Bertz CT molecular complexity index is 588. The molecule has 108 valence electrons. The molecule has 0 spiro atoms. The summed E-state index contributed by atoms with van der Waals surface area (Å²) in [4.78, 5) is 11.3. The molecule has 1 aliphatic rings. The largest absolute Gasteiger partial charge is 0.496 e. The highest BCUT2D eigenvalue weighted by molar-refractivity contribution is 5.93. The number of halogens is 1. The quantitative estimate of drug-likeness (QED) is 0.905. The maximum atomic E-state index is 14.7. The Morgan fingerprint density at radius 1 is 1.30 bits per heavy atom. The lowest BCUT2D eigenvalue weighted by Gasteiger charge is -2.21. The van der Waals surface area contributed by atoms with Crippen molar-refractivity contribution in [1.82, 2.24) is 0 Å². The number of methoxy groups -OCH3 is 1. The van der Waals surface area contributed by atoms with E-state index in [0.717, 1.165) is 31.3 Å². The summed E-state index contributed by atoms with van der Waals surface area (Å²) in [5.41, 5.74) is 2.05. The van der Waals surface area contributed by atoms with Crippen molar-refractivity contribution in [3.63, 3.8) is 0 Å². The van der Waals surface area contributed by atoms with Crippen molar-refractivity contribution in [2.24, 2.45) is 0 Å². The molecule has 20 heavy (non-hydrogen) atoms. The highest BCUT2D eigenvalue weighted by Gasteiger charge is 2.26. The summed E-state index contributed by atoms with van der Waals surface area (Å²) in [6, 6.07) is 0. The minimum absolute atomic E-state index is 0.246. The molecule has 4 heteroatoms. The van der Waals surface area contributed by atoms with Gasteiger partial charge in [0.2, 0.25) is 0 Å². The smallest absolute Gasteiger partial charge is 0.338 e. The number of carboxylic acids is 1. The van der Waals surface area contributed by atoms with Crippen LogP contribution in [0.1, 0.15) is 52.7 Å². The summed E-state index contributed by atoms with van der Waals surface area (Å²) in [7, 11) is 1.49. The first kappa shape index (κ1) is 14.6. The first-order valence-corrected chi connectivity index (χ1v) is 6.78. The van der Waals surface area contributed by atoms with Crippen LogP contribution in [0, 0.1) is 19.7 Å². The van der Waals surface area contributed by atoms with E-state index in [1.165, 1.54) is 7.11 Å². The molecular weight excluding hydrogens is 259 g/mol. The highest BCUT2D eigenvalue weighted by Crippen LogP contribution is 2.40. The van der Waals surface area contributed by atoms with Gasteiger partial charge in [0.15, 0.2) is 0 Å². The van der Waals surface area contributed by atoms with E-state index in [9.17, 15) is 14.3 Å². The van der Waals surface area contributed by atoms with Crippen LogP contribution >= 0.6 is 0 Å². The van der Waals surface area contributed by atoms with Crippen LogP contribution in [0.25, 0.3) is 5.57 Å². The van der Waals surface area contributed by atoms with Gasteiger partial charge < -0.3 is 9.84 Å². The average molecular weight is 278 g/mol. The third kappa shape index (κ3) is 2.30. The minimum Gasteiger partial charge on any atom is -0.496 e. The van der Waals surface area contributed by atoms with Crippen molar-refractivity contribution in [1.29, 1.82) is 0 Å². The van der Waals surface area contributed by atoms with Crippen LogP contribution in [0.3, 0.4) is 0 Å². The molecule has 0 fully saturated rings. The number of allylic oxidation sites excluding steroid dienone is 2. The summed E-state index contributed by atoms with van der Waals surface area (Å²) >= 11 is 0. The van der Waals surface area contributed by atoms with E-state index in [-0.39, 0.29) is 5.56 Å². The molecule has 0 aliphatic heterocycles. The number of carbonyl (C=O) groups is 1. The van der Waals surface area contributed by atoms with Gasteiger partial charge in [0, 0.05) is 0 Å². The second-order valence-electron chi connectivity index (χ2n) is 5.13. The van der Waals surface area contributed by atoms with Crippen LogP contribution < -0.4 is 4.74 Å². The second kappa shape index (κ2) is 5.65. The Morgan fingerprint density at radius 3 is 2.50 bits per heavy atom. The van der Waals surface area contributed by atoms with Crippen molar-refractivity contribution >= 4 is 11.5 Å². The maximum absolute atomic E-state index is 14.7. The number of ether oxygens (including phenoxy) is 1. The summed E-state index contributed by atoms with van der Waals surface area (Å²) in [6.07, 6.45) is 5.72. The standard InChI is InChI=1S/C16H19FO3/c1-9-10(2)15(20-3)13(11-7-5-4-6-8-11)14(17)12(9)16(18)19/h7H,4-6,8H2,1-3H3,(H,18,19). The van der Waals surface area contributed by atoms with Crippen molar-refractivity contribution < 1.29 is 19.0 Å². The van der Waals surface area contributed by atoms with E-state index in [1.54, 1.807) is 13.8 Å². The van der Waals surface area contributed by atoms with Gasteiger partial charge in [0.25, 0.3) is 0 Å². The zero-order valence-corrected chi connectivity index (χ0v) is 12.0. The lowest BCUT2D eigenvalue weighted by atomic mass is 9.88. The number of rotatable bonds is 3. The van der Waals surface area contributed by atoms with Crippen LogP contribution in [-0.2, 0) is 0 Å².